The van der Waals surface area contributed by atoms with Crippen LogP contribution in [0.3, 0.4) is 0 Å². The third kappa shape index (κ3) is 4.42. The van der Waals surface area contributed by atoms with E-state index in [1.165, 1.54) is 17.0 Å². The third-order valence-electron chi connectivity index (χ3n) is 7.09. The lowest BCUT2D eigenvalue weighted by Gasteiger charge is -2.44. The summed E-state index contributed by atoms with van der Waals surface area (Å²) < 4.78 is 35.6. The van der Waals surface area contributed by atoms with E-state index in [9.17, 15) is 18.3 Å². The fourth-order valence-electron chi connectivity index (χ4n) is 5.19. The molecule has 3 heterocycles. The predicted octanol–water partition coefficient (Wildman–Crippen LogP) is 3.76. The Hall–Kier alpha value is -2.20. The largest absolute Gasteiger partial charge is 0.441 e. The quantitative estimate of drug-likeness (QED) is 0.664. The lowest BCUT2D eigenvalue weighted by atomic mass is 9.90. The fraction of sp³-hybridized carbons (Fsp3) is 0.500. The maximum atomic E-state index is 14.0. The van der Waals surface area contributed by atoms with Crippen molar-refractivity contribution in [3.05, 3.63) is 59.4 Å². The number of carbonyl (C=O) groups excluding carboxylic acids is 1. The number of pyridine rings is 1. The van der Waals surface area contributed by atoms with Crippen molar-refractivity contribution in [3.63, 3.8) is 0 Å². The zero-order valence-electron chi connectivity index (χ0n) is 18.7. The predicted molar refractivity (Wildman–Crippen MR) is 126 cm³/mol. The van der Waals surface area contributed by atoms with Crippen LogP contribution in [0.15, 0.2) is 53.7 Å². The van der Waals surface area contributed by atoms with Gasteiger partial charge in [-0.2, -0.15) is 4.31 Å². The molecule has 0 spiro atoms. The summed E-state index contributed by atoms with van der Waals surface area (Å²) in [4.78, 5) is 18.8. The average Bonchev–Trinajstić information content (AvgIpc) is 3.49. The molecular weight excluding hydrogens is 478 g/mol. The molecule has 1 aromatic carbocycles. The van der Waals surface area contributed by atoms with Crippen molar-refractivity contribution in [2.75, 3.05) is 13.1 Å². The first kappa shape index (κ1) is 23.5. The monoisotopic (exact) mass is 505 g/mol. The molecule has 1 N–H and O–H groups in total. The fourth-order valence-corrected chi connectivity index (χ4v) is 7.24. The molecule has 5 rings (SSSR count). The number of amides is 1. The Morgan fingerprint density at radius 1 is 1.15 bits per heavy atom. The van der Waals surface area contributed by atoms with Gasteiger partial charge in [0.2, 0.25) is 10.0 Å². The van der Waals surface area contributed by atoms with Crippen molar-refractivity contribution in [2.24, 2.45) is 0 Å². The molecule has 3 fully saturated rings. The van der Waals surface area contributed by atoms with E-state index in [4.69, 9.17) is 16.3 Å². The van der Waals surface area contributed by atoms with Crippen molar-refractivity contribution in [3.8, 4) is 0 Å². The number of aromatic nitrogens is 1. The van der Waals surface area contributed by atoms with Gasteiger partial charge < -0.3 is 14.7 Å². The number of halogens is 1. The number of ether oxygens (including phenoxy) is 1. The second-order valence-electron chi connectivity index (χ2n) is 9.36. The maximum Gasteiger partial charge on any atom is 0.410 e. The number of β-amino-alcohol motifs (C(OH)–C–C–N with tert-alkyl or cyclic N) is 1. The first-order valence-electron chi connectivity index (χ1n) is 11.7. The van der Waals surface area contributed by atoms with Crippen LogP contribution in [0.25, 0.3) is 0 Å². The topological polar surface area (TPSA) is 100 Å². The SMILES string of the molecule is O=C(OC1([C@H]2CCC[C@@H](c3cccnc3)N2S(=O)(=O)c2ccc(Cl)cc2)CC1)N1CC[C@H](O)C1. The molecule has 2 saturated heterocycles. The normalized spacial score (nSPS) is 26.9. The zero-order valence-corrected chi connectivity index (χ0v) is 20.3. The molecule has 0 bridgehead atoms. The van der Waals surface area contributed by atoms with E-state index < -0.39 is 39.9 Å². The molecule has 8 nitrogen and oxygen atoms in total. The molecule has 2 aliphatic heterocycles. The molecule has 182 valence electrons. The molecule has 1 saturated carbocycles. The molecule has 0 radical (unpaired) electrons. The highest BCUT2D eigenvalue weighted by Crippen LogP contribution is 2.52. The summed E-state index contributed by atoms with van der Waals surface area (Å²) in [5.41, 5.74) is -0.0557. The molecule has 2 aromatic rings. The minimum absolute atomic E-state index is 0.155. The molecule has 10 heteroatoms. The second-order valence-corrected chi connectivity index (χ2v) is 11.6. The van der Waals surface area contributed by atoms with Crippen LogP contribution in [0.4, 0.5) is 4.79 Å². The number of nitrogens with zero attached hydrogens (tertiary/aromatic N) is 3. The van der Waals surface area contributed by atoms with Gasteiger partial charge in [-0.05, 0) is 74.4 Å². The van der Waals surface area contributed by atoms with Crippen LogP contribution in [0.5, 0.6) is 0 Å². The van der Waals surface area contributed by atoms with E-state index in [-0.39, 0.29) is 11.4 Å². The molecule has 34 heavy (non-hydrogen) atoms. The van der Waals surface area contributed by atoms with Crippen LogP contribution >= 0.6 is 11.6 Å². The van der Waals surface area contributed by atoms with Gasteiger partial charge >= 0.3 is 6.09 Å². The van der Waals surface area contributed by atoms with Crippen molar-refractivity contribution >= 4 is 27.7 Å². The van der Waals surface area contributed by atoms with Gasteiger partial charge in [-0.15, -0.1) is 0 Å². The third-order valence-corrected chi connectivity index (χ3v) is 9.27. The van der Waals surface area contributed by atoms with Crippen molar-refractivity contribution in [1.29, 1.82) is 0 Å². The Bertz CT molecular complexity index is 1140. The summed E-state index contributed by atoms with van der Waals surface area (Å²) in [6.45, 7) is 0.677. The molecule has 0 unspecified atom stereocenters. The van der Waals surface area contributed by atoms with E-state index in [1.807, 2.05) is 6.07 Å². The Balaban J connectivity index is 1.51. The number of piperidine rings is 1. The number of hydrogen-bond donors (Lipinski definition) is 1. The van der Waals surface area contributed by atoms with E-state index in [2.05, 4.69) is 4.98 Å². The van der Waals surface area contributed by atoms with Crippen LogP contribution in [-0.2, 0) is 14.8 Å². The van der Waals surface area contributed by atoms with Crippen LogP contribution in [-0.4, -0.2) is 64.6 Å². The van der Waals surface area contributed by atoms with E-state index in [0.717, 1.165) is 12.0 Å². The van der Waals surface area contributed by atoms with Gasteiger partial charge in [-0.1, -0.05) is 17.7 Å². The van der Waals surface area contributed by atoms with Crippen LogP contribution < -0.4 is 0 Å². The number of sulfonamides is 1. The minimum Gasteiger partial charge on any atom is -0.441 e. The highest BCUT2D eigenvalue weighted by Gasteiger charge is 2.60. The average molecular weight is 506 g/mol. The molecular formula is C24H28ClN3O5S. The molecule has 3 atom stereocenters. The summed E-state index contributed by atoms with van der Waals surface area (Å²) in [5.74, 6) is 0. The lowest BCUT2D eigenvalue weighted by molar-refractivity contribution is -0.00721. The van der Waals surface area contributed by atoms with Crippen LogP contribution in [0.1, 0.15) is 50.1 Å². The van der Waals surface area contributed by atoms with Crippen LogP contribution in [0, 0.1) is 0 Å². The summed E-state index contributed by atoms with van der Waals surface area (Å²) in [6, 6.07) is 8.94. The van der Waals surface area contributed by atoms with Crippen molar-refractivity contribution in [2.45, 2.75) is 67.2 Å². The Morgan fingerprint density at radius 3 is 2.53 bits per heavy atom. The number of rotatable bonds is 5. The van der Waals surface area contributed by atoms with E-state index >= 15 is 0 Å². The van der Waals surface area contributed by atoms with E-state index in [1.54, 1.807) is 34.9 Å². The number of carbonyl (C=O) groups is 1. The Morgan fingerprint density at radius 2 is 1.91 bits per heavy atom. The number of benzene rings is 1. The Labute approximate surface area is 204 Å². The first-order chi connectivity index (χ1) is 16.3. The first-order valence-corrected chi connectivity index (χ1v) is 13.5. The van der Waals surface area contributed by atoms with Gasteiger partial charge in [0.25, 0.3) is 0 Å². The van der Waals surface area contributed by atoms with Gasteiger partial charge in [0, 0.05) is 30.5 Å². The molecule has 1 aromatic heterocycles. The summed E-state index contributed by atoms with van der Waals surface area (Å²) in [5, 5.41) is 10.3. The Kier molecular flexibility index (Phi) is 6.31. The number of aliphatic hydroxyl groups is 1. The zero-order chi connectivity index (χ0) is 23.9. The molecule has 1 amide bonds. The molecule has 3 aliphatic rings. The standard InChI is InChI=1S/C24H28ClN3O5S/c25-18-6-8-20(9-7-18)34(31,32)28-21(17-3-2-13-26-15-17)4-1-5-22(28)24(11-12-24)33-23(30)27-14-10-19(29)16-27/h2-3,6-9,13,15,19,21-22,29H,1,4-5,10-12,14,16H2/t19-,21-,22+/m0/s1. The summed E-state index contributed by atoms with van der Waals surface area (Å²) in [6.07, 6.45) is 6.11. The summed E-state index contributed by atoms with van der Waals surface area (Å²) >= 11 is 6.02. The highest BCUT2D eigenvalue weighted by atomic mass is 35.5. The van der Waals surface area contributed by atoms with Gasteiger partial charge in [0.05, 0.1) is 23.1 Å². The maximum absolute atomic E-state index is 14.0. The van der Waals surface area contributed by atoms with Crippen molar-refractivity contribution in [1.82, 2.24) is 14.2 Å². The van der Waals surface area contributed by atoms with Gasteiger partial charge in [-0.3, -0.25) is 4.98 Å². The van der Waals surface area contributed by atoms with E-state index in [0.29, 0.717) is 43.7 Å². The number of hydrogen-bond acceptors (Lipinski definition) is 6. The van der Waals surface area contributed by atoms with Crippen molar-refractivity contribution < 1.29 is 23.1 Å². The van der Waals surface area contributed by atoms with Gasteiger partial charge in [0.1, 0.15) is 5.60 Å². The van der Waals surface area contributed by atoms with Gasteiger partial charge in [0.15, 0.2) is 0 Å². The lowest BCUT2D eigenvalue weighted by Crippen LogP contribution is -2.54. The summed E-state index contributed by atoms with van der Waals surface area (Å²) in [7, 11) is -3.93. The molecule has 1 aliphatic carbocycles. The van der Waals surface area contributed by atoms with Gasteiger partial charge in [-0.25, -0.2) is 13.2 Å². The smallest absolute Gasteiger partial charge is 0.410 e. The minimum atomic E-state index is -3.93. The number of likely N-dealkylation sites (tertiary alicyclic amines) is 1. The van der Waals surface area contributed by atoms with Crippen LogP contribution in [0.2, 0.25) is 5.02 Å². The number of aliphatic hydroxyl groups excluding tert-OH is 1. The second kappa shape index (κ2) is 9.11. The highest BCUT2D eigenvalue weighted by molar-refractivity contribution is 7.89.